The molecular weight excluding hydrogens is 230 g/mol. The molecule has 1 saturated heterocycles. The first kappa shape index (κ1) is 14.2. The lowest BCUT2D eigenvalue weighted by Gasteiger charge is -2.32. The van der Waals surface area contributed by atoms with Gasteiger partial charge in [-0.2, -0.15) is 0 Å². The highest BCUT2D eigenvalue weighted by Crippen LogP contribution is 2.19. The zero-order valence-electron chi connectivity index (χ0n) is 12.1. The van der Waals surface area contributed by atoms with Crippen LogP contribution in [-0.4, -0.2) is 17.5 Å². The van der Waals surface area contributed by atoms with Crippen molar-refractivity contribution in [3.8, 4) is 11.8 Å². The molecule has 1 nitrogen and oxygen atoms in total. The summed E-state index contributed by atoms with van der Waals surface area (Å²) in [6.07, 6.45) is 7.43. The average molecular weight is 255 g/mol. The average Bonchev–Trinajstić information content (AvgIpc) is 2.46. The quantitative estimate of drug-likeness (QED) is 0.575. The van der Waals surface area contributed by atoms with Crippen molar-refractivity contribution in [2.75, 3.05) is 6.54 Å². The molecule has 0 aliphatic carbocycles. The van der Waals surface area contributed by atoms with Gasteiger partial charge in [0.15, 0.2) is 0 Å². The van der Waals surface area contributed by atoms with E-state index in [-0.39, 0.29) is 0 Å². The topological polar surface area (TPSA) is 3.24 Å². The van der Waals surface area contributed by atoms with Crippen LogP contribution >= 0.6 is 0 Å². The van der Waals surface area contributed by atoms with Gasteiger partial charge in [-0.1, -0.05) is 49.6 Å². The first-order valence-corrected chi connectivity index (χ1v) is 7.66. The Morgan fingerprint density at radius 3 is 2.84 bits per heavy atom. The Hall–Kier alpha value is -1.26. The predicted octanol–water partition coefficient (Wildman–Crippen LogP) is 4.23. The fourth-order valence-corrected chi connectivity index (χ4v) is 2.62. The molecule has 0 spiro atoms. The fraction of sp³-hybridized carbons (Fsp3) is 0.556. The van der Waals surface area contributed by atoms with Crippen LogP contribution in [0.4, 0.5) is 0 Å². The van der Waals surface area contributed by atoms with Gasteiger partial charge < -0.3 is 0 Å². The lowest BCUT2D eigenvalue weighted by Crippen LogP contribution is -2.37. The second kappa shape index (κ2) is 8.02. The van der Waals surface area contributed by atoms with Gasteiger partial charge >= 0.3 is 0 Å². The molecule has 0 amide bonds. The summed E-state index contributed by atoms with van der Waals surface area (Å²) in [6.45, 7) is 4.47. The molecule has 0 N–H and O–H groups in total. The van der Waals surface area contributed by atoms with Gasteiger partial charge in [0, 0.05) is 13.0 Å². The smallest absolute Gasteiger partial charge is 0.0717 e. The number of hydrogen-bond donors (Lipinski definition) is 0. The van der Waals surface area contributed by atoms with Crippen LogP contribution in [0.1, 0.15) is 51.0 Å². The van der Waals surface area contributed by atoms with Crippen molar-refractivity contribution in [3.05, 3.63) is 35.9 Å². The van der Waals surface area contributed by atoms with Crippen molar-refractivity contribution >= 4 is 0 Å². The molecule has 2 rings (SSSR count). The second-order valence-electron chi connectivity index (χ2n) is 5.39. The number of likely N-dealkylation sites (tertiary alicyclic amines) is 1. The zero-order chi connectivity index (χ0) is 13.3. The minimum Gasteiger partial charge on any atom is -0.286 e. The van der Waals surface area contributed by atoms with E-state index in [0.29, 0.717) is 6.04 Å². The van der Waals surface area contributed by atoms with Crippen molar-refractivity contribution in [1.29, 1.82) is 0 Å². The summed E-state index contributed by atoms with van der Waals surface area (Å²) >= 11 is 0. The van der Waals surface area contributed by atoms with Crippen molar-refractivity contribution in [1.82, 2.24) is 4.90 Å². The molecule has 1 atom stereocenters. The summed E-state index contributed by atoms with van der Waals surface area (Å²) < 4.78 is 0. The molecule has 19 heavy (non-hydrogen) atoms. The first-order valence-electron chi connectivity index (χ1n) is 7.66. The summed E-state index contributed by atoms with van der Waals surface area (Å²) in [5, 5.41) is 0. The van der Waals surface area contributed by atoms with Crippen molar-refractivity contribution in [2.45, 2.75) is 58.0 Å². The van der Waals surface area contributed by atoms with Gasteiger partial charge in [0.05, 0.1) is 6.04 Å². The minimum atomic E-state index is 0.478. The van der Waals surface area contributed by atoms with Gasteiger partial charge in [-0.05, 0) is 37.8 Å². The van der Waals surface area contributed by atoms with E-state index in [0.717, 1.165) is 13.0 Å². The van der Waals surface area contributed by atoms with Crippen LogP contribution < -0.4 is 0 Å². The van der Waals surface area contributed by atoms with Gasteiger partial charge in [0.25, 0.3) is 0 Å². The monoisotopic (exact) mass is 255 g/mol. The summed E-state index contributed by atoms with van der Waals surface area (Å²) in [7, 11) is 0. The maximum atomic E-state index is 3.50. The highest BCUT2D eigenvalue weighted by Gasteiger charge is 2.20. The van der Waals surface area contributed by atoms with Gasteiger partial charge in [-0.25, -0.2) is 0 Å². The number of unbranched alkanes of at least 4 members (excludes halogenated alkanes) is 2. The van der Waals surface area contributed by atoms with Crippen LogP contribution in [0.25, 0.3) is 0 Å². The summed E-state index contributed by atoms with van der Waals surface area (Å²) in [5.74, 6) is 6.88. The van der Waals surface area contributed by atoms with Crippen molar-refractivity contribution < 1.29 is 0 Å². The Kier molecular flexibility index (Phi) is 5.98. The van der Waals surface area contributed by atoms with Crippen LogP contribution in [0.15, 0.2) is 30.3 Å². The van der Waals surface area contributed by atoms with E-state index in [9.17, 15) is 0 Å². The van der Waals surface area contributed by atoms with Crippen LogP contribution in [-0.2, 0) is 6.54 Å². The highest BCUT2D eigenvalue weighted by molar-refractivity contribution is 5.16. The van der Waals surface area contributed by atoms with E-state index in [1.165, 1.54) is 44.2 Å². The van der Waals surface area contributed by atoms with E-state index in [1.807, 2.05) is 0 Å². The Morgan fingerprint density at radius 1 is 1.21 bits per heavy atom. The lowest BCUT2D eigenvalue weighted by molar-refractivity contribution is 0.178. The normalized spacial score (nSPS) is 19.7. The summed E-state index contributed by atoms with van der Waals surface area (Å²) in [5.41, 5.74) is 1.41. The van der Waals surface area contributed by atoms with Crippen LogP contribution in [0.3, 0.4) is 0 Å². The number of rotatable bonds is 4. The Morgan fingerprint density at radius 2 is 2.05 bits per heavy atom. The molecule has 1 heterocycles. The lowest BCUT2D eigenvalue weighted by atomic mass is 10.0. The molecular formula is C18H25N. The third kappa shape index (κ3) is 4.73. The van der Waals surface area contributed by atoms with E-state index in [1.54, 1.807) is 0 Å². The van der Waals surface area contributed by atoms with E-state index < -0.39 is 0 Å². The van der Waals surface area contributed by atoms with Crippen molar-refractivity contribution in [2.24, 2.45) is 0 Å². The van der Waals surface area contributed by atoms with Crippen LogP contribution in [0.2, 0.25) is 0 Å². The molecule has 1 aromatic rings. The third-order valence-electron chi connectivity index (χ3n) is 3.77. The first-order chi connectivity index (χ1) is 9.40. The summed E-state index contributed by atoms with van der Waals surface area (Å²) in [6, 6.07) is 11.3. The molecule has 0 aromatic heterocycles. The molecule has 0 saturated carbocycles. The van der Waals surface area contributed by atoms with Gasteiger partial charge in [-0.15, -0.1) is 5.92 Å². The molecule has 1 heteroatoms. The van der Waals surface area contributed by atoms with Gasteiger partial charge in [0.1, 0.15) is 0 Å². The predicted molar refractivity (Wildman–Crippen MR) is 81.8 cm³/mol. The maximum Gasteiger partial charge on any atom is 0.0717 e. The Balaban J connectivity index is 1.93. The number of piperidine rings is 1. The molecule has 1 aliphatic heterocycles. The van der Waals surface area contributed by atoms with E-state index in [4.69, 9.17) is 0 Å². The van der Waals surface area contributed by atoms with Gasteiger partial charge in [-0.3, -0.25) is 4.90 Å². The second-order valence-corrected chi connectivity index (χ2v) is 5.39. The zero-order valence-corrected chi connectivity index (χ0v) is 12.1. The largest absolute Gasteiger partial charge is 0.286 e. The van der Waals surface area contributed by atoms with Crippen LogP contribution in [0.5, 0.6) is 0 Å². The number of nitrogens with zero attached hydrogens (tertiary/aromatic N) is 1. The maximum absolute atomic E-state index is 3.50. The van der Waals surface area contributed by atoms with Gasteiger partial charge in [0.2, 0.25) is 0 Å². The summed E-state index contributed by atoms with van der Waals surface area (Å²) in [4.78, 5) is 2.55. The molecule has 102 valence electrons. The Labute approximate surface area is 118 Å². The van der Waals surface area contributed by atoms with E-state index in [2.05, 4.69) is 54.0 Å². The number of hydrogen-bond acceptors (Lipinski definition) is 1. The molecule has 1 aliphatic rings. The molecule has 1 aromatic carbocycles. The number of benzene rings is 1. The van der Waals surface area contributed by atoms with Crippen molar-refractivity contribution in [3.63, 3.8) is 0 Å². The van der Waals surface area contributed by atoms with E-state index >= 15 is 0 Å². The standard InChI is InChI=1S/C18H25N/c1-2-3-4-8-13-18-14-9-10-15-19(18)16-17-11-6-5-7-12-17/h5-7,11-12,18H,2-4,9-10,14-16H2,1H3. The highest BCUT2D eigenvalue weighted by atomic mass is 15.2. The molecule has 1 unspecified atom stereocenters. The fourth-order valence-electron chi connectivity index (χ4n) is 2.62. The molecule has 0 radical (unpaired) electrons. The minimum absolute atomic E-state index is 0.478. The third-order valence-corrected chi connectivity index (χ3v) is 3.77. The SMILES string of the molecule is CCCCC#CC1CCCCN1Cc1ccccc1. The Bertz CT molecular complexity index is 412. The molecule has 1 fully saturated rings. The van der Waals surface area contributed by atoms with Crippen LogP contribution in [0, 0.1) is 11.8 Å². The molecule has 0 bridgehead atoms.